The van der Waals surface area contributed by atoms with Crippen LogP contribution in [0.1, 0.15) is 42.5 Å². The molecule has 2 heterocycles. The van der Waals surface area contributed by atoms with E-state index in [1.165, 1.54) is 33.7 Å². The lowest BCUT2D eigenvalue weighted by molar-refractivity contribution is -0.116. The first-order valence-electron chi connectivity index (χ1n) is 12.1. The second-order valence-electron chi connectivity index (χ2n) is 9.74. The van der Waals surface area contributed by atoms with Gasteiger partial charge in [0.25, 0.3) is 11.1 Å². The van der Waals surface area contributed by atoms with Crippen LogP contribution in [0.25, 0.3) is 16.6 Å². The topological polar surface area (TPSA) is 95.1 Å². The number of Topliss-reactive ketones (excluding diaryl/α,β-unsaturated/α-hetero) is 1. The molecule has 9 heteroatoms. The average Bonchev–Trinajstić information content (AvgIpc) is 3.67. The van der Waals surface area contributed by atoms with Crippen molar-refractivity contribution in [2.75, 3.05) is 5.32 Å². The number of carbonyl (C=O) groups is 1. The maximum atomic E-state index is 14.8. The maximum Gasteiger partial charge on any atom is 0.336 e. The number of hydrogen-bond donors (Lipinski definition) is 1. The van der Waals surface area contributed by atoms with Crippen LogP contribution in [-0.2, 0) is 18.3 Å². The molecule has 1 N–H and O–H groups in total. The van der Waals surface area contributed by atoms with Gasteiger partial charge >= 0.3 is 5.69 Å². The molecule has 0 aliphatic heterocycles. The van der Waals surface area contributed by atoms with Crippen molar-refractivity contribution in [3.05, 3.63) is 96.2 Å². The van der Waals surface area contributed by atoms with E-state index in [4.69, 9.17) is 0 Å². The maximum absolute atomic E-state index is 14.8. The summed E-state index contributed by atoms with van der Waals surface area (Å²) in [6, 6.07) is 11.3. The largest absolute Gasteiger partial charge is 0.338 e. The Balaban J connectivity index is 1.90. The van der Waals surface area contributed by atoms with E-state index in [1.807, 2.05) is 0 Å². The Morgan fingerprint density at radius 1 is 1.05 bits per heavy atom. The smallest absolute Gasteiger partial charge is 0.336 e. The Kier molecular flexibility index (Phi) is 5.94. The average molecular weight is 503 g/mol. The van der Waals surface area contributed by atoms with Gasteiger partial charge in [-0.25, -0.2) is 9.18 Å². The van der Waals surface area contributed by atoms with Gasteiger partial charge in [0, 0.05) is 25.1 Å². The molecule has 2 aromatic carbocycles. The molecule has 0 saturated heterocycles. The number of nitrogens with zero attached hydrogens (tertiary/aromatic N) is 3. The summed E-state index contributed by atoms with van der Waals surface area (Å²) in [6.45, 7) is 4.81. The zero-order valence-corrected chi connectivity index (χ0v) is 21.1. The summed E-state index contributed by atoms with van der Waals surface area (Å²) in [5, 5.41) is 3.07. The highest BCUT2D eigenvalue weighted by Gasteiger charge is 2.31. The van der Waals surface area contributed by atoms with Gasteiger partial charge in [-0.3, -0.25) is 28.1 Å². The predicted octanol–water partition coefficient (Wildman–Crippen LogP) is 3.82. The number of pyridine rings is 1. The van der Waals surface area contributed by atoms with Gasteiger partial charge in [-0.15, -0.1) is 0 Å². The van der Waals surface area contributed by atoms with Crippen LogP contribution in [-0.4, -0.2) is 19.5 Å². The fourth-order valence-corrected chi connectivity index (χ4v) is 4.80. The van der Waals surface area contributed by atoms with Crippen molar-refractivity contribution >= 4 is 28.2 Å². The van der Waals surface area contributed by atoms with Gasteiger partial charge < -0.3 is 5.32 Å². The van der Waals surface area contributed by atoms with Crippen LogP contribution < -0.4 is 22.1 Å². The summed E-state index contributed by atoms with van der Waals surface area (Å²) in [5.74, 6) is -0.468. The fraction of sp³-hybridized carbons (Fsp3) is 0.286. The molecule has 4 aromatic rings. The van der Waals surface area contributed by atoms with Crippen molar-refractivity contribution in [3.63, 3.8) is 0 Å². The number of halogens is 1. The molecule has 8 nitrogen and oxygen atoms in total. The van der Waals surface area contributed by atoms with E-state index < -0.39 is 22.6 Å². The third-order valence-electron chi connectivity index (χ3n) is 6.75. The van der Waals surface area contributed by atoms with E-state index in [1.54, 1.807) is 50.2 Å². The first-order chi connectivity index (χ1) is 17.6. The van der Waals surface area contributed by atoms with Crippen LogP contribution in [0.3, 0.4) is 0 Å². The van der Waals surface area contributed by atoms with Gasteiger partial charge in [-0.05, 0) is 69.0 Å². The Morgan fingerprint density at radius 3 is 2.43 bits per heavy atom. The van der Waals surface area contributed by atoms with Crippen LogP contribution in [0.15, 0.2) is 56.8 Å². The molecule has 1 aliphatic rings. The summed E-state index contributed by atoms with van der Waals surface area (Å²) < 4.78 is 18.7. The minimum Gasteiger partial charge on any atom is -0.338 e. The molecule has 0 bridgehead atoms. The third kappa shape index (κ3) is 4.20. The van der Waals surface area contributed by atoms with E-state index >= 15 is 0 Å². The van der Waals surface area contributed by atoms with Gasteiger partial charge in [0.1, 0.15) is 22.8 Å². The van der Waals surface area contributed by atoms with E-state index in [2.05, 4.69) is 5.32 Å². The van der Waals surface area contributed by atoms with Gasteiger partial charge in [0.2, 0.25) is 0 Å². The van der Waals surface area contributed by atoms with Crippen molar-refractivity contribution in [2.45, 2.75) is 46.1 Å². The lowest BCUT2D eigenvalue weighted by atomic mass is 10.1. The van der Waals surface area contributed by atoms with E-state index in [-0.39, 0.29) is 46.2 Å². The van der Waals surface area contributed by atoms with Crippen LogP contribution in [0.2, 0.25) is 0 Å². The van der Waals surface area contributed by atoms with Crippen LogP contribution >= 0.6 is 0 Å². The van der Waals surface area contributed by atoms with Crippen molar-refractivity contribution in [1.29, 1.82) is 0 Å². The molecule has 190 valence electrons. The van der Waals surface area contributed by atoms with E-state index in [9.17, 15) is 23.6 Å². The molecule has 0 atom stereocenters. The third-order valence-corrected chi connectivity index (χ3v) is 6.75. The van der Waals surface area contributed by atoms with Gasteiger partial charge in [0.15, 0.2) is 0 Å². The zero-order chi connectivity index (χ0) is 26.6. The number of rotatable bonds is 6. The fourth-order valence-electron chi connectivity index (χ4n) is 4.80. The first-order valence-corrected chi connectivity index (χ1v) is 12.1. The Morgan fingerprint density at radius 2 is 1.78 bits per heavy atom. The molecule has 0 amide bonds. The summed E-state index contributed by atoms with van der Waals surface area (Å²) in [7, 11) is 1.51. The SMILES string of the molecule is CC(=O)Cc1cccc(-n2c(=O)n(C3CC3)c(=O)c3c(Nc4ccc(C)cc4F)n(C)c(=O)c(C)c32)c1. The first kappa shape index (κ1) is 24.4. The molecule has 0 spiro atoms. The molecule has 1 fully saturated rings. The summed E-state index contributed by atoms with van der Waals surface area (Å²) >= 11 is 0. The summed E-state index contributed by atoms with van der Waals surface area (Å²) in [4.78, 5) is 52.7. The van der Waals surface area contributed by atoms with Crippen LogP contribution in [0, 0.1) is 19.7 Å². The van der Waals surface area contributed by atoms with Crippen molar-refractivity contribution < 1.29 is 9.18 Å². The monoisotopic (exact) mass is 502 g/mol. The summed E-state index contributed by atoms with van der Waals surface area (Å²) in [5.41, 5.74) is 0.815. The molecule has 1 aliphatic carbocycles. The summed E-state index contributed by atoms with van der Waals surface area (Å²) in [6.07, 6.45) is 1.55. The van der Waals surface area contributed by atoms with Crippen molar-refractivity contribution in [2.24, 2.45) is 7.05 Å². The molecule has 5 rings (SSSR count). The normalized spacial score (nSPS) is 13.2. The molecule has 0 unspecified atom stereocenters. The minimum absolute atomic E-state index is 0.0334. The lowest BCUT2D eigenvalue weighted by Crippen LogP contribution is -2.41. The second-order valence-corrected chi connectivity index (χ2v) is 9.74. The number of benzene rings is 2. The van der Waals surface area contributed by atoms with Gasteiger partial charge in [0.05, 0.1) is 16.9 Å². The number of carbonyl (C=O) groups excluding carboxylic acids is 1. The van der Waals surface area contributed by atoms with Crippen molar-refractivity contribution in [3.8, 4) is 5.69 Å². The Labute approximate surface area is 211 Å². The zero-order valence-electron chi connectivity index (χ0n) is 21.1. The van der Waals surface area contributed by atoms with Gasteiger partial charge in [-0.1, -0.05) is 18.2 Å². The molecule has 0 radical (unpaired) electrons. The number of aryl methyl sites for hydroxylation is 2. The van der Waals surface area contributed by atoms with Gasteiger partial charge in [-0.2, -0.15) is 0 Å². The number of anilines is 2. The van der Waals surface area contributed by atoms with Crippen LogP contribution in [0.5, 0.6) is 0 Å². The molecular formula is C28H27FN4O4. The van der Waals surface area contributed by atoms with E-state index in [0.717, 1.165) is 5.56 Å². The predicted molar refractivity (Wildman–Crippen MR) is 141 cm³/mol. The number of nitrogens with one attached hydrogen (secondary N) is 1. The highest BCUT2D eigenvalue weighted by molar-refractivity contribution is 5.93. The second kappa shape index (κ2) is 8.99. The Bertz CT molecular complexity index is 1780. The Hall–Kier alpha value is -4.27. The minimum atomic E-state index is -0.552. The highest BCUT2D eigenvalue weighted by Crippen LogP contribution is 2.34. The highest BCUT2D eigenvalue weighted by atomic mass is 19.1. The molecule has 37 heavy (non-hydrogen) atoms. The standard InChI is InChI=1S/C28H27FN4O4/c1-15-8-11-22(21(29)12-15)30-25-23-24(17(3)26(35)31(25)4)32(28(37)33(27(23)36)19-9-10-19)20-7-5-6-18(14-20)13-16(2)34/h5-8,11-12,14,19,30H,9-10,13H2,1-4H3. The number of ketones is 1. The number of fused-ring (bicyclic) bond motifs is 1. The molecule has 2 aromatic heterocycles. The van der Waals surface area contributed by atoms with Crippen molar-refractivity contribution in [1.82, 2.24) is 13.7 Å². The number of hydrogen-bond acceptors (Lipinski definition) is 5. The van der Waals surface area contributed by atoms with E-state index in [0.29, 0.717) is 24.1 Å². The lowest BCUT2D eigenvalue weighted by Gasteiger charge is -2.21. The molecule has 1 saturated carbocycles. The number of aromatic nitrogens is 3. The molecular weight excluding hydrogens is 475 g/mol. The van der Waals surface area contributed by atoms with Crippen LogP contribution in [0.4, 0.5) is 15.9 Å². The quantitative estimate of drug-likeness (QED) is 0.433.